The molecule has 0 aromatic heterocycles. The molecule has 27 heavy (non-hydrogen) atoms. The fourth-order valence-corrected chi connectivity index (χ4v) is 2.79. The summed E-state index contributed by atoms with van der Waals surface area (Å²) < 4.78 is 5.24. The van der Waals surface area contributed by atoms with Crippen LogP contribution in [0.15, 0.2) is 65.8 Å². The van der Waals surface area contributed by atoms with E-state index in [1.807, 2.05) is 43.3 Å². The molecule has 0 aliphatic heterocycles. The van der Waals surface area contributed by atoms with Gasteiger partial charge in [0, 0.05) is 0 Å². The second-order valence-corrected chi connectivity index (χ2v) is 6.41. The second-order valence-electron chi connectivity index (χ2n) is 6.41. The lowest BCUT2D eigenvalue weighted by Crippen LogP contribution is -2.24. The van der Waals surface area contributed by atoms with Crippen molar-refractivity contribution in [2.75, 3.05) is 7.11 Å². The number of aromatic hydroxyl groups is 1. The molecule has 5 nitrogen and oxygen atoms in total. The number of benzene rings is 3. The molecule has 0 saturated heterocycles. The summed E-state index contributed by atoms with van der Waals surface area (Å²) in [5, 5.41) is 15.6. The monoisotopic (exact) mass is 362 g/mol. The van der Waals surface area contributed by atoms with Crippen LogP contribution in [0.25, 0.3) is 10.8 Å². The highest BCUT2D eigenvalue weighted by atomic mass is 16.5. The maximum Gasteiger partial charge on any atom is 0.247 e. The summed E-state index contributed by atoms with van der Waals surface area (Å²) in [6.07, 6.45) is 0. The Morgan fingerprint density at radius 2 is 1.70 bits per heavy atom. The molecule has 1 unspecified atom stereocenters. The number of phenolic OH excluding ortho intramolecular Hbond substituents is 1. The third-order valence-electron chi connectivity index (χ3n) is 4.58. The molecule has 5 heteroatoms. The maximum atomic E-state index is 12.5. The van der Waals surface area contributed by atoms with Gasteiger partial charge in [0.25, 0.3) is 0 Å². The van der Waals surface area contributed by atoms with Gasteiger partial charge in [-0.05, 0) is 72.1 Å². The van der Waals surface area contributed by atoms with E-state index in [0.717, 1.165) is 27.6 Å². The molecule has 0 fully saturated rings. The Balaban J connectivity index is 1.73. The van der Waals surface area contributed by atoms with Gasteiger partial charge in [0.05, 0.1) is 18.7 Å². The lowest BCUT2D eigenvalue weighted by molar-refractivity contribution is -0.122. The number of hydrazone groups is 1. The highest BCUT2D eigenvalue weighted by Crippen LogP contribution is 2.25. The Morgan fingerprint density at radius 3 is 2.41 bits per heavy atom. The molecule has 0 aliphatic rings. The Morgan fingerprint density at radius 1 is 1.04 bits per heavy atom. The number of nitrogens with one attached hydrogen (secondary N) is 1. The van der Waals surface area contributed by atoms with Gasteiger partial charge in [0.15, 0.2) is 0 Å². The van der Waals surface area contributed by atoms with E-state index in [1.54, 1.807) is 38.3 Å². The average Bonchev–Trinajstić information content (AvgIpc) is 2.70. The van der Waals surface area contributed by atoms with Crippen molar-refractivity contribution in [3.63, 3.8) is 0 Å². The van der Waals surface area contributed by atoms with Gasteiger partial charge in [0.1, 0.15) is 11.5 Å². The fourth-order valence-electron chi connectivity index (χ4n) is 2.79. The zero-order valence-corrected chi connectivity index (χ0v) is 15.6. The van der Waals surface area contributed by atoms with Crippen LogP contribution in [-0.2, 0) is 4.79 Å². The summed E-state index contributed by atoms with van der Waals surface area (Å²) in [6.45, 7) is 3.66. The van der Waals surface area contributed by atoms with Crippen molar-refractivity contribution < 1.29 is 14.6 Å². The first-order chi connectivity index (χ1) is 13.0. The van der Waals surface area contributed by atoms with Crippen LogP contribution in [0.4, 0.5) is 0 Å². The fraction of sp³-hybridized carbons (Fsp3) is 0.182. The third kappa shape index (κ3) is 4.26. The van der Waals surface area contributed by atoms with Crippen LogP contribution < -0.4 is 10.2 Å². The number of ether oxygens (including phenoxy) is 1. The van der Waals surface area contributed by atoms with Gasteiger partial charge in [0.2, 0.25) is 5.91 Å². The standard InChI is InChI=1S/C22H22N2O3/c1-14(17-4-5-19-13-21(27-3)11-8-18(19)12-17)22(26)24-23-15(2)16-6-9-20(25)10-7-16/h4-14,25H,1-3H3,(H,24,26)/b23-15+. The zero-order valence-electron chi connectivity index (χ0n) is 15.6. The minimum Gasteiger partial charge on any atom is -0.508 e. The van der Waals surface area contributed by atoms with Crippen molar-refractivity contribution >= 4 is 22.4 Å². The van der Waals surface area contributed by atoms with E-state index < -0.39 is 0 Å². The van der Waals surface area contributed by atoms with Crippen molar-refractivity contribution in [2.24, 2.45) is 5.10 Å². The lowest BCUT2D eigenvalue weighted by Gasteiger charge is -2.12. The number of phenols is 1. The highest BCUT2D eigenvalue weighted by molar-refractivity contribution is 5.99. The summed E-state index contributed by atoms with van der Waals surface area (Å²) in [6, 6.07) is 18.5. The smallest absolute Gasteiger partial charge is 0.247 e. The van der Waals surface area contributed by atoms with E-state index in [4.69, 9.17) is 4.74 Å². The second kappa shape index (κ2) is 7.91. The van der Waals surface area contributed by atoms with E-state index in [-0.39, 0.29) is 17.6 Å². The van der Waals surface area contributed by atoms with E-state index in [9.17, 15) is 9.90 Å². The molecular weight excluding hydrogens is 340 g/mol. The van der Waals surface area contributed by atoms with Gasteiger partial charge in [-0.1, -0.05) is 24.3 Å². The molecular formula is C22H22N2O3. The average molecular weight is 362 g/mol. The molecule has 0 radical (unpaired) electrons. The number of carbonyl (C=O) groups excluding carboxylic acids is 1. The van der Waals surface area contributed by atoms with Crippen LogP contribution in [0, 0.1) is 0 Å². The van der Waals surface area contributed by atoms with E-state index >= 15 is 0 Å². The first-order valence-corrected chi connectivity index (χ1v) is 8.69. The minimum atomic E-state index is -0.340. The van der Waals surface area contributed by atoms with E-state index in [0.29, 0.717) is 5.71 Å². The number of nitrogens with zero attached hydrogens (tertiary/aromatic N) is 1. The molecule has 0 spiro atoms. The molecule has 138 valence electrons. The van der Waals surface area contributed by atoms with Crippen LogP contribution in [0.1, 0.15) is 30.9 Å². The first kappa shape index (κ1) is 18.5. The number of hydrogen-bond acceptors (Lipinski definition) is 4. The Kier molecular flexibility index (Phi) is 5.41. The Labute approximate surface area is 158 Å². The summed E-state index contributed by atoms with van der Waals surface area (Å²) >= 11 is 0. The number of methoxy groups -OCH3 is 1. The summed E-state index contributed by atoms with van der Waals surface area (Å²) in [5.74, 6) is 0.479. The minimum absolute atomic E-state index is 0.180. The Bertz CT molecular complexity index is 994. The maximum absolute atomic E-state index is 12.5. The van der Waals surface area contributed by atoms with Crippen LogP contribution in [0.5, 0.6) is 11.5 Å². The molecule has 1 amide bonds. The van der Waals surface area contributed by atoms with Crippen molar-refractivity contribution in [3.05, 3.63) is 71.8 Å². The normalized spacial score (nSPS) is 12.6. The van der Waals surface area contributed by atoms with Crippen LogP contribution in [0.2, 0.25) is 0 Å². The number of amides is 1. The third-order valence-corrected chi connectivity index (χ3v) is 4.58. The van der Waals surface area contributed by atoms with Gasteiger partial charge < -0.3 is 9.84 Å². The van der Waals surface area contributed by atoms with Crippen molar-refractivity contribution in [3.8, 4) is 11.5 Å². The van der Waals surface area contributed by atoms with Crippen molar-refractivity contribution in [1.82, 2.24) is 5.43 Å². The highest BCUT2D eigenvalue weighted by Gasteiger charge is 2.15. The molecule has 0 heterocycles. The van der Waals surface area contributed by atoms with E-state index in [1.165, 1.54) is 0 Å². The van der Waals surface area contributed by atoms with Crippen LogP contribution in [-0.4, -0.2) is 23.8 Å². The van der Waals surface area contributed by atoms with Crippen molar-refractivity contribution in [2.45, 2.75) is 19.8 Å². The number of fused-ring (bicyclic) bond motifs is 1. The van der Waals surface area contributed by atoms with E-state index in [2.05, 4.69) is 10.5 Å². The van der Waals surface area contributed by atoms with Crippen LogP contribution >= 0.6 is 0 Å². The SMILES string of the molecule is COc1ccc2cc(C(C)C(=O)N/N=C(\C)c3ccc(O)cc3)ccc2c1. The largest absolute Gasteiger partial charge is 0.508 e. The number of carbonyl (C=O) groups is 1. The van der Waals surface area contributed by atoms with Gasteiger partial charge in [-0.25, -0.2) is 5.43 Å². The zero-order chi connectivity index (χ0) is 19.4. The summed E-state index contributed by atoms with van der Waals surface area (Å²) in [4.78, 5) is 12.5. The Hall–Kier alpha value is -3.34. The molecule has 3 rings (SSSR count). The summed E-state index contributed by atoms with van der Waals surface area (Å²) in [7, 11) is 1.64. The predicted molar refractivity (Wildman–Crippen MR) is 107 cm³/mol. The molecule has 0 aliphatic carbocycles. The quantitative estimate of drug-likeness (QED) is 0.528. The topological polar surface area (TPSA) is 70.9 Å². The van der Waals surface area contributed by atoms with Gasteiger partial charge in [-0.15, -0.1) is 0 Å². The van der Waals surface area contributed by atoms with Gasteiger partial charge in [-0.3, -0.25) is 4.79 Å². The first-order valence-electron chi connectivity index (χ1n) is 8.69. The summed E-state index contributed by atoms with van der Waals surface area (Å²) in [5.41, 5.74) is 5.05. The predicted octanol–water partition coefficient (Wildman–Crippen LogP) is 4.20. The molecule has 2 N–H and O–H groups in total. The molecule has 3 aromatic rings. The molecule has 1 atom stereocenters. The number of rotatable bonds is 5. The lowest BCUT2D eigenvalue weighted by atomic mass is 9.97. The molecule has 0 bridgehead atoms. The number of hydrogen-bond donors (Lipinski definition) is 2. The molecule has 3 aromatic carbocycles. The molecule has 0 saturated carbocycles. The van der Waals surface area contributed by atoms with Crippen LogP contribution in [0.3, 0.4) is 0 Å². The van der Waals surface area contributed by atoms with Gasteiger partial charge >= 0.3 is 0 Å². The van der Waals surface area contributed by atoms with Gasteiger partial charge in [-0.2, -0.15) is 5.10 Å². The van der Waals surface area contributed by atoms with Crippen molar-refractivity contribution in [1.29, 1.82) is 0 Å².